The molecule has 3 N–H and O–H groups in total. The van der Waals surface area contributed by atoms with Crippen LogP contribution < -0.4 is 15.8 Å². The lowest BCUT2D eigenvalue weighted by Gasteiger charge is -1.99. The van der Waals surface area contributed by atoms with Gasteiger partial charge in [0, 0.05) is 12.1 Å². The Labute approximate surface area is 117 Å². The summed E-state index contributed by atoms with van der Waals surface area (Å²) in [7, 11) is 1.35. The molecule has 0 saturated heterocycles. The summed E-state index contributed by atoms with van der Waals surface area (Å²) in [6.07, 6.45) is 3.44. The molecule has 0 amide bonds. The van der Waals surface area contributed by atoms with Gasteiger partial charge < -0.3 is 10.1 Å². The lowest BCUT2D eigenvalue weighted by molar-refractivity contribution is -0.500. The topological polar surface area (TPSA) is 64.3 Å². The number of rotatable bonds is 5. The second-order valence-electron chi connectivity index (χ2n) is 3.53. The van der Waals surface area contributed by atoms with Gasteiger partial charge in [0.2, 0.25) is 5.11 Å². The molecule has 0 unspecified atom stereocenters. The highest BCUT2D eigenvalue weighted by Crippen LogP contribution is 2.02. The predicted octanol–water partition coefficient (Wildman–Crippen LogP) is -0.462. The van der Waals surface area contributed by atoms with Gasteiger partial charge in [-0.3, -0.25) is 0 Å². The van der Waals surface area contributed by atoms with Gasteiger partial charge in [0.1, 0.15) is 0 Å². The smallest absolute Gasteiger partial charge is 0.337 e. The zero-order valence-corrected chi connectivity index (χ0v) is 11.4. The maximum atomic E-state index is 11.2. The second kappa shape index (κ2) is 7.99. The van der Waals surface area contributed by atoms with Crippen molar-refractivity contribution in [3.05, 3.63) is 48.0 Å². The minimum atomic E-state index is -0.354. The van der Waals surface area contributed by atoms with Gasteiger partial charge >= 0.3 is 5.97 Å². The monoisotopic (exact) mass is 278 g/mol. The third kappa shape index (κ3) is 5.31. The summed E-state index contributed by atoms with van der Waals surface area (Å²) in [5.74, 6) is -0.354. The lowest BCUT2D eigenvalue weighted by atomic mass is 10.1. The van der Waals surface area contributed by atoms with Gasteiger partial charge in [-0.2, -0.15) is 0 Å². The highest BCUT2D eigenvalue weighted by molar-refractivity contribution is 7.80. The molecule has 0 saturated carbocycles. The fourth-order valence-electron chi connectivity index (χ4n) is 1.23. The Bertz CT molecular complexity index is 483. The minimum Gasteiger partial charge on any atom is -0.465 e. The Hall–Kier alpha value is -2.21. The largest absolute Gasteiger partial charge is 0.465 e. The molecule has 0 fully saturated rings. The summed E-state index contributed by atoms with van der Waals surface area (Å²) in [6.45, 7) is 4.17. The van der Waals surface area contributed by atoms with E-state index in [0.29, 0.717) is 17.2 Å². The van der Waals surface area contributed by atoms with E-state index in [2.05, 4.69) is 27.2 Å². The molecule has 5 nitrogen and oxygen atoms in total. The molecular formula is C13H16N3O2S+. The highest BCUT2D eigenvalue weighted by atomic mass is 32.1. The van der Waals surface area contributed by atoms with Crippen LogP contribution in [0.3, 0.4) is 0 Å². The van der Waals surface area contributed by atoms with Crippen LogP contribution in [0.5, 0.6) is 0 Å². The van der Waals surface area contributed by atoms with Crippen LogP contribution in [-0.4, -0.2) is 31.0 Å². The van der Waals surface area contributed by atoms with Gasteiger partial charge in [0.05, 0.1) is 12.7 Å². The van der Waals surface area contributed by atoms with Crippen LogP contribution in [0.15, 0.2) is 36.9 Å². The molecule has 6 heteroatoms. The van der Waals surface area contributed by atoms with E-state index in [1.54, 1.807) is 36.6 Å². The number of hydrazine groups is 1. The highest BCUT2D eigenvalue weighted by Gasteiger charge is 2.04. The first-order valence-corrected chi connectivity index (χ1v) is 6.00. The number of hydrogen-bond donors (Lipinski definition) is 3. The van der Waals surface area contributed by atoms with Crippen LogP contribution in [0.4, 0.5) is 0 Å². The lowest BCUT2D eigenvalue weighted by Crippen LogP contribution is -2.82. The van der Waals surface area contributed by atoms with Crippen LogP contribution in [0.1, 0.15) is 15.9 Å². The standard InChI is InChI=1S/C13H15N3O2S/c1-3-8-14-13(19)16-15-9-10-4-6-11(7-5-10)12(17)18-2/h3-7,9H,1,8H2,2H3,(H2,14,16,19)/p+1. The first-order valence-electron chi connectivity index (χ1n) is 5.59. The molecule has 0 bridgehead atoms. The number of nitrogens with one attached hydrogen (secondary N) is 3. The third-order valence-corrected chi connectivity index (χ3v) is 2.41. The van der Waals surface area contributed by atoms with Crippen LogP contribution in [0.25, 0.3) is 0 Å². The van der Waals surface area contributed by atoms with Crippen molar-refractivity contribution in [1.29, 1.82) is 0 Å². The van der Waals surface area contributed by atoms with Gasteiger partial charge in [0.25, 0.3) is 0 Å². The van der Waals surface area contributed by atoms with E-state index in [1.807, 2.05) is 0 Å². The van der Waals surface area contributed by atoms with Crippen molar-refractivity contribution in [1.82, 2.24) is 10.7 Å². The fourth-order valence-corrected chi connectivity index (χ4v) is 1.37. The Kier molecular flexibility index (Phi) is 6.25. The number of ether oxygens (including phenoxy) is 1. The van der Waals surface area contributed by atoms with Gasteiger partial charge in [-0.25, -0.2) is 4.79 Å². The third-order valence-electron chi connectivity index (χ3n) is 2.16. The van der Waals surface area contributed by atoms with Crippen molar-refractivity contribution in [2.45, 2.75) is 0 Å². The molecule has 0 radical (unpaired) electrons. The number of thiocarbonyl (C=S) groups is 1. The molecule has 19 heavy (non-hydrogen) atoms. The van der Waals surface area contributed by atoms with E-state index in [1.165, 1.54) is 7.11 Å². The van der Waals surface area contributed by atoms with Crippen molar-refractivity contribution in [2.24, 2.45) is 0 Å². The summed E-state index contributed by atoms with van der Waals surface area (Å²) in [4.78, 5) is 11.2. The number of hydrazone groups is 1. The number of hydrogen-bond acceptors (Lipinski definition) is 3. The van der Waals surface area contributed by atoms with Crippen LogP contribution in [-0.2, 0) is 4.74 Å². The Morgan fingerprint density at radius 1 is 1.47 bits per heavy atom. The van der Waals surface area contributed by atoms with Crippen LogP contribution >= 0.6 is 12.2 Å². The molecule has 1 aromatic rings. The molecular weight excluding hydrogens is 262 g/mol. The second-order valence-corrected chi connectivity index (χ2v) is 3.93. The molecule has 0 aliphatic heterocycles. The van der Waals surface area contributed by atoms with Crippen molar-refractivity contribution >= 4 is 29.5 Å². The first-order chi connectivity index (χ1) is 9.17. The van der Waals surface area contributed by atoms with Crippen molar-refractivity contribution in [3.8, 4) is 0 Å². The number of benzene rings is 1. The number of carbonyl (C=O) groups excluding carboxylic acids is 1. The van der Waals surface area contributed by atoms with Crippen molar-refractivity contribution in [2.75, 3.05) is 13.7 Å². The van der Waals surface area contributed by atoms with Gasteiger partial charge in [-0.05, 0) is 36.5 Å². The molecule has 0 aliphatic rings. The maximum Gasteiger partial charge on any atom is 0.337 e. The molecule has 0 aliphatic carbocycles. The first kappa shape index (κ1) is 14.8. The summed E-state index contributed by atoms with van der Waals surface area (Å²) in [5.41, 5.74) is 4.19. The van der Waals surface area contributed by atoms with E-state index in [9.17, 15) is 4.79 Å². The van der Waals surface area contributed by atoms with E-state index in [0.717, 1.165) is 5.56 Å². The zero-order valence-electron chi connectivity index (χ0n) is 10.6. The normalized spacial score (nSPS) is 9.95. The van der Waals surface area contributed by atoms with E-state index in [-0.39, 0.29) is 5.97 Å². The van der Waals surface area contributed by atoms with Crippen LogP contribution in [0, 0.1) is 0 Å². The summed E-state index contributed by atoms with van der Waals surface area (Å²) >= 11 is 4.99. The molecule has 1 aromatic carbocycles. The van der Waals surface area contributed by atoms with E-state index < -0.39 is 0 Å². The Balaban J connectivity index is 2.51. The molecule has 0 atom stereocenters. The van der Waals surface area contributed by atoms with Crippen molar-refractivity contribution in [3.63, 3.8) is 0 Å². The Morgan fingerprint density at radius 3 is 2.74 bits per heavy atom. The van der Waals surface area contributed by atoms with E-state index >= 15 is 0 Å². The summed E-state index contributed by atoms with van der Waals surface area (Å²) < 4.78 is 4.62. The number of esters is 1. The molecule has 1 rings (SSSR count). The molecule has 0 spiro atoms. The number of methoxy groups -OCH3 is 1. The van der Waals surface area contributed by atoms with Gasteiger partial charge in [0.15, 0.2) is 6.21 Å². The minimum absolute atomic E-state index is 0.354. The quantitative estimate of drug-likeness (QED) is 0.224. The SMILES string of the molecule is C=CCNC(=S)N[NH+]=Cc1ccc(C(=O)OC)cc1. The Morgan fingerprint density at radius 2 is 2.16 bits per heavy atom. The molecule has 0 heterocycles. The zero-order chi connectivity index (χ0) is 14.1. The average molecular weight is 278 g/mol. The fraction of sp³-hybridized carbons (Fsp3) is 0.154. The predicted molar refractivity (Wildman–Crippen MR) is 77.8 cm³/mol. The number of carbonyl (C=O) groups is 1. The summed E-state index contributed by atoms with van der Waals surface area (Å²) in [6, 6.07) is 6.96. The molecule has 100 valence electrons. The van der Waals surface area contributed by atoms with Gasteiger partial charge in [-0.15, -0.1) is 17.1 Å². The van der Waals surface area contributed by atoms with E-state index in [4.69, 9.17) is 12.2 Å². The van der Waals surface area contributed by atoms with Crippen LogP contribution in [0.2, 0.25) is 0 Å². The average Bonchev–Trinajstić information content (AvgIpc) is 2.45. The molecule has 0 aromatic heterocycles. The van der Waals surface area contributed by atoms with Crippen molar-refractivity contribution < 1.29 is 14.6 Å². The summed E-state index contributed by atoms with van der Waals surface area (Å²) in [5, 5.41) is 6.23. The van der Waals surface area contributed by atoms with Gasteiger partial charge in [-0.1, -0.05) is 6.08 Å². The maximum absolute atomic E-state index is 11.2.